The minimum atomic E-state index is -0.446. The summed E-state index contributed by atoms with van der Waals surface area (Å²) in [6.45, 7) is 9.41. The second-order valence-corrected chi connectivity index (χ2v) is 8.42. The first-order valence-corrected chi connectivity index (χ1v) is 11.8. The van der Waals surface area contributed by atoms with Crippen molar-refractivity contribution in [1.29, 1.82) is 0 Å². The van der Waals surface area contributed by atoms with Gasteiger partial charge in [0.15, 0.2) is 0 Å². The van der Waals surface area contributed by atoms with Crippen LogP contribution >= 0.6 is 11.8 Å². The molecule has 7 nitrogen and oxygen atoms in total. The van der Waals surface area contributed by atoms with Gasteiger partial charge in [-0.1, -0.05) is 32.1 Å². The highest BCUT2D eigenvalue weighted by molar-refractivity contribution is 8.02. The highest BCUT2D eigenvalue weighted by Gasteiger charge is 2.25. The number of urea groups is 1. The van der Waals surface area contributed by atoms with Gasteiger partial charge in [-0.2, -0.15) is 0 Å². The molecule has 0 heterocycles. The molecule has 1 aromatic carbocycles. The largest absolute Gasteiger partial charge is 0.496 e. The van der Waals surface area contributed by atoms with Crippen LogP contribution < -0.4 is 20.7 Å². The summed E-state index contributed by atoms with van der Waals surface area (Å²) in [6, 6.07) is 4.71. The van der Waals surface area contributed by atoms with Crippen molar-refractivity contribution in [3.63, 3.8) is 0 Å². The summed E-state index contributed by atoms with van der Waals surface area (Å²) in [6.07, 6.45) is 8.89. The summed E-state index contributed by atoms with van der Waals surface area (Å²) in [5.74, 6) is 0.214. The zero-order chi connectivity index (χ0) is 22.9. The van der Waals surface area contributed by atoms with Gasteiger partial charge < -0.3 is 25.6 Å². The average molecular weight is 447 g/mol. The van der Waals surface area contributed by atoms with Gasteiger partial charge in [-0.25, -0.2) is 4.79 Å². The lowest BCUT2D eigenvalue weighted by molar-refractivity contribution is 0.0946. The van der Waals surface area contributed by atoms with Crippen LogP contribution in [0, 0.1) is 0 Å². The number of nitrogens with zero attached hydrogens (tertiary/aromatic N) is 1. The van der Waals surface area contributed by atoms with Crippen LogP contribution in [0.15, 0.2) is 41.3 Å². The van der Waals surface area contributed by atoms with Crippen LogP contribution in [-0.4, -0.2) is 61.9 Å². The smallest absolute Gasteiger partial charge is 0.319 e. The first kappa shape index (κ1) is 24.8. The molecule has 1 unspecified atom stereocenters. The van der Waals surface area contributed by atoms with E-state index in [0.717, 1.165) is 26.1 Å². The monoisotopic (exact) mass is 446 g/mol. The molecule has 1 aliphatic rings. The van der Waals surface area contributed by atoms with Crippen LogP contribution in [0.3, 0.4) is 0 Å². The molecule has 0 aliphatic heterocycles. The van der Waals surface area contributed by atoms with Gasteiger partial charge in [0.25, 0.3) is 5.91 Å². The molecule has 8 heteroatoms. The Balaban J connectivity index is 1.96. The lowest BCUT2D eigenvalue weighted by Crippen LogP contribution is -2.46. The number of rotatable bonds is 10. The van der Waals surface area contributed by atoms with Gasteiger partial charge in [-0.05, 0) is 44.8 Å². The predicted molar refractivity (Wildman–Crippen MR) is 129 cm³/mol. The molecule has 1 aromatic rings. The number of ether oxygens (including phenoxy) is 1. The molecule has 31 heavy (non-hydrogen) atoms. The van der Waals surface area contributed by atoms with Crippen LogP contribution in [0.25, 0.3) is 0 Å². The molecule has 0 fully saturated rings. The lowest BCUT2D eigenvalue weighted by Gasteiger charge is -2.29. The Bertz CT molecular complexity index is 836. The zero-order valence-corrected chi connectivity index (χ0v) is 19.9. The standard InChI is InChI=1S/C23H34N4O3S/c1-6-27(7-2)15-14-24-21(28)19-9-8-17(16-20(19)30-4)25-22(29)26-23(3)12-10-18(31-5)11-13-23/h8-12,16H,6-7,13-15H2,1-5H3,(H,24,28)(H2,25,26,29). The number of hydrogen-bond donors (Lipinski definition) is 3. The Morgan fingerprint density at radius 1 is 1.26 bits per heavy atom. The van der Waals surface area contributed by atoms with E-state index >= 15 is 0 Å². The molecule has 3 amide bonds. The maximum atomic E-state index is 12.5. The van der Waals surface area contributed by atoms with Gasteiger partial charge in [0.05, 0.1) is 18.2 Å². The molecule has 0 bridgehead atoms. The molecule has 3 N–H and O–H groups in total. The summed E-state index contributed by atoms with van der Waals surface area (Å²) in [5, 5.41) is 8.75. The van der Waals surface area contributed by atoms with Crippen LogP contribution in [0.2, 0.25) is 0 Å². The first-order valence-electron chi connectivity index (χ1n) is 10.5. The van der Waals surface area contributed by atoms with Crippen molar-refractivity contribution in [2.45, 2.75) is 32.7 Å². The molecule has 0 saturated heterocycles. The minimum Gasteiger partial charge on any atom is -0.496 e. The molecule has 2 rings (SSSR count). The third kappa shape index (κ3) is 7.33. The number of carbonyl (C=O) groups is 2. The van der Waals surface area contributed by atoms with Crippen LogP contribution in [0.4, 0.5) is 10.5 Å². The Morgan fingerprint density at radius 3 is 2.58 bits per heavy atom. The number of amides is 3. The van der Waals surface area contributed by atoms with Gasteiger partial charge in [0.1, 0.15) is 5.75 Å². The fourth-order valence-electron chi connectivity index (χ4n) is 3.30. The maximum Gasteiger partial charge on any atom is 0.319 e. The molecular formula is C23H34N4O3S. The van der Waals surface area contributed by atoms with Crippen molar-refractivity contribution in [3.8, 4) is 5.75 Å². The summed E-state index contributed by atoms with van der Waals surface area (Å²) < 4.78 is 5.39. The van der Waals surface area contributed by atoms with E-state index in [4.69, 9.17) is 4.74 Å². The SMILES string of the molecule is CCN(CC)CCNC(=O)c1ccc(NC(=O)NC2(C)C=CC(SC)=CC2)cc1OC. The highest BCUT2D eigenvalue weighted by Crippen LogP contribution is 2.26. The van der Waals surface area contributed by atoms with E-state index in [0.29, 0.717) is 23.5 Å². The molecule has 0 radical (unpaired) electrons. The molecule has 0 aromatic heterocycles. The summed E-state index contributed by atoms with van der Waals surface area (Å²) in [4.78, 5) is 28.5. The Kier molecular flexibility index (Phi) is 9.45. The number of carbonyl (C=O) groups excluding carboxylic acids is 2. The quantitative estimate of drug-likeness (QED) is 0.508. The number of allylic oxidation sites excluding steroid dienone is 1. The molecular weight excluding hydrogens is 412 g/mol. The molecule has 1 aliphatic carbocycles. The maximum absolute atomic E-state index is 12.5. The van der Waals surface area contributed by atoms with Crippen molar-refractivity contribution < 1.29 is 14.3 Å². The highest BCUT2D eigenvalue weighted by atomic mass is 32.2. The van der Waals surface area contributed by atoms with Crippen LogP contribution in [0.5, 0.6) is 5.75 Å². The molecule has 1 atom stereocenters. The number of methoxy groups -OCH3 is 1. The van der Waals surface area contributed by atoms with E-state index in [1.165, 1.54) is 12.0 Å². The summed E-state index contributed by atoms with van der Waals surface area (Å²) in [5.41, 5.74) is 0.542. The average Bonchev–Trinajstić information content (AvgIpc) is 2.76. The van der Waals surface area contributed by atoms with Crippen molar-refractivity contribution >= 4 is 29.4 Å². The Morgan fingerprint density at radius 2 is 2.00 bits per heavy atom. The fraction of sp³-hybridized carbons (Fsp3) is 0.478. The topological polar surface area (TPSA) is 82.7 Å². The summed E-state index contributed by atoms with van der Waals surface area (Å²) in [7, 11) is 1.51. The van der Waals surface area contributed by atoms with Crippen molar-refractivity contribution in [1.82, 2.24) is 15.5 Å². The number of likely N-dealkylation sites (N-methyl/N-ethyl adjacent to an activating group) is 1. The second kappa shape index (κ2) is 11.8. The molecule has 170 valence electrons. The lowest BCUT2D eigenvalue weighted by atomic mass is 9.94. The van der Waals surface area contributed by atoms with Crippen molar-refractivity contribution in [2.24, 2.45) is 0 Å². The number of anilines is 1. The zero-order valence-electron chi connectivity index (χ0n) is 19.1. The van der Waals surface area contributed by atoms with Gasteiger partial charge in [0.2, 0.25) is 0 Å². The van der Waals surface area contributed by atoms with E-state index in [9.17, 15) is 9.59 Å². The van der Waals surface area contributed by atoms with E-state index in [-0.39, 0.29) is 11.9 Å². The predicted octanol–water partition coefficient (Wildman–Crippen LogP) is 3.85. The third-order valence-corrected chi connectivity index (χ3v) is 6.06. The summed E-state index contributed by atoms with van der Waals surface area (Å²) >= 11 is 1.68. The van der Waals surface area contributed by atoms with E-state index in [1.807, 2.05) is 25.3 Å². The van der Waals surface area contributed by atoms with E-state index in [2.05, 4.69) is 40.8 Å². The third-order valence-electron chi connectivity index (χ3n) is 5.29. The Hall–Kier alpha value is -2.45. The second-order valence-electron chi connectivity index (χ2n) is 7.54. The minimum absolute atomic E-state index is 0.198. The molecule has 0 spiro atoms. The normalized spacial score (nSPS) is 17.8. The van der Waals surface area contributed by atoms with Crippen molar-refractivity contribution in [3.05, 3.63) is 46.9 Å². The number of thioether (sulfide) groups is 1. The van der Waals surface area contributed by atoms with Crippen LogP contribution in [-0.2, 0) is 0 Å². The first-order chi connectivity index (χ1) is 14.8. The van der Waals surface area contributed by atoms with Gasteiger partial charge in [-0.3, -0.25) is 4.79 Å². The Labute approximate surface area is 189 Å². The number of benzene rings is 1. The number of hydrogen-bond acceptors (Lipinski definition) is 5. The van der Waals surface area contributed by atoms with Crippen LogP contribution in [0.1, 0.15) is 37.6 Å². The number of nitrogens with one attached hydrogen (secondary N) is 3. The molecule has 0 saturated carbocycles. The van der Waals surface area contributed by atoms with Crippen molar-refractivity contribution in [2.75, 3.05) is 44.9 Å². The van der Waals surface area contributed by atoms with Gasteiger partial charge >= 0.3 is 6.03 Å². The fourth-order valence-corrected chi connectivity index (χ4v) is 3.75. The van der Waals surface area contributed by atoms with Gasteiger partial charge in [-0.15, -0.1) is 11.8 Å². The van der Waals surface area contributed by atoms with E-state index in [1.54, 1.807) is 30.0 Å². The van der Waals surface area contributed by atoms with Gasteiger partial charge in [0, 0.05) is 29.7 Å². The van der Waals surface area contributed by atoms with E-state index < -0.39 is 5.54 Å².